The highest BCUT2D eigenvalue weighted by atomic mass is 35.5. The number of methoxy groups -OCH3 is 1. The number of rotatable bonds is 12. The molecule has 3 aromatic carbocycles. The van der Waals surface area contributed by atoms with Crippen LogP contribution in [0.4, 0.5) is 5.69 Å². The van der Waals surface area contributed by atoms with Crippen molar-refractivity contribution >= 4 is 40.9 Å². The third kappa shape index (κ3) is 7.30. The van der Waals surface area contributed by atoms with Crippen molar-refractivity contribution in [1.82, 2.24) is 4.90 Å². The van der Waals surface area contributed by atoms with Gasteiger partial charge in [0.15, 0.2) is 0 Å². The maximum absolute atomic E-state index is 12.7. The van der Waals surface area contributed by atoms with Gasteiger partial charge < -0.3 is 14.2 Å². The van der Waals surface area contributed by atoms with Gasteiger partial charge >= 0.3 is 5.97 Å². The Morgan fingerprint density at radius 3 is 2.50 bits per heavy atom. The quantitative estimate of drug-likeness (QED) is 0.171. The van der Waals surface area contributed by atoms with E-state index in [9.17, 15) is 9.59 Å². The molecule has 0 saturated heterocycles. The summed E-state index contributed by atoms with van der Waals surface area (Å²) < 4.78 is 17.3. The van der Waals surface area contributed by atoms with Crippen LogP contribution in [-0.4, -0.2) is 56.2 Å². The fourth-order valence-corrected chi connectivity index (χ4v) is 6.23. The van der Waals surface area contributed by atoms with Crippen LogP contribution in [0.3, 0.4) is 0 Å². The topological polar surface area (TPSA) is 68.3 Å². The van der Waals surface area contributed by atoms with Crippen LogP contribution in [0.2, 0.25) is 5.02 Å². The van der Waals surface area contributed by atoms with Crippen molar-refractivity contribution in [2.24, 2.45) is 0 Å². The number of amides is 1. The molecule has 0 N–H and O–H groups in total. The van der Waals surface area contributed by atoms with Crippen LogP contribution in [0.25, 0.3) is 0 Å². The summed E-state index contributed by atoms with van der Waals surface area (Å²) >= 11 is 7.81. The van der Waals surface area contributed by atoms with Crippen LogP contribution in [0.15, 0.2) is 71.6 Å². The second-order valence-corrected chi connectivity index (χ2v) is 11.3. The normalized spacial score (nSPS) is 14.4. The Bertz CT molecular complexity index is 1320. The summed E-state index contributed by atoms with van der Waals surface area (Å²) in [7, 11) is 1.62. The van der Waals surface area contributed by atoms with Gasteiger partial charge in [0.05, 0.1) is 25.0 Å². The van der Waals surface area contributed by atoms with E-state index in [0.717, 1.165) is 29.1 Å². The smallest absolute Gasteiger partial charge is 0.338 e. The molecule has 40 heavy (non-hydrogen) atoms. The highest BCUT2D eigenvalue weighted by molar-refractivity contribution is 8.00. The molecule has 0 bridgehead atoms. The van der Waals surface area contributed by atoms with Crippen molar-refractivity contribution in [3.63, 3.8) is 0 Å². The molecule has 7 nitrogen and oxygen atoms in total. The molecule has 1 atom stereocenters. The lowest BCUT2D eigenvalue weighted by Crippen LogP contribution is -2.35. The Labute approximate surface area is 245 Å². The second kappa shape index (κ2) is 13.9. The van der Waals surface area contributed by atoms with E-state index < -0.39 is 0 Å². The summed E-state index contributed by atoms with van der Waals surface area (Å²) in [5.41, 5.74) is 2.25. The number of hydrogen-bond donors (Lipinski definition) is 0. The first-order valence-corrected chi connectivity index (χ1v) is 14.6. The van der Waals surface area contributed by atoms with Gasteiger partial charge in [-0.05, 0) is 68.8 Å². The first-order chi connectivity index (χ1) is 19.3. The molecule has 9 heteroatoms. The number of carbonyl (C=O) groups is 2. The van der Waals surface area contributed by atoms with E-state index in [0.29, 0.717) is 41.8 Å². The van der Waals surface area contributed by atoms with Gasteiger partial charge in [0.2, 0.25) is 5.91 Å². The van der Waals surface area contributed by atoms with Crippen LogP contribution < -0.4 is 14.4 Å². The summed E-state index contributed by atoms with van der Waals surface area (Å²) in [6.07, 6.45) is 0.778. The van der Waals surface area contributed by atoms with E-state index in [1.54, 1.807) is 48.9 Å². The molecule has 0 saturated carbocycles. The number of ether oxygens (including phenoxy) is 3. The molecular weight excluding hydrogens is 548 g/mol. The van der Waals surface area contributed by atoms with Crippen LogP contribution in [0, 0.1) is 0 Å². The number of hydrogen-bond acceptors (Lipinski definition) is 7. The molecule has 4 rings (SSSR count). The molecule has 0 fully saturated rings. The lowest BCUT2D eigenvalue weighted by atomic mass is 10.1. The number of thioether (sulfide) groups is 1. The van der Waals surface area contributed by atoms with Gasteiger partial charge in [0.1, 0.15) is 23.5 Å². The zero-order valence-corrected chi connectivity index (χ0v) is 24.8. The first kappa shape index (κ1) is 29.8. The first-order valence-electron chi connectivity index (χ1n) is 13.3. The van der Waals surface area contributed by atoms with Crippen molar-refractivity contribution in [1.29, 1.82) is 0 Å². The predicted octanol–water partition coefficient (Wildman–Crippen LogP) is 6.84. The largest absolute Gasteiger partial charge is 0.497 e. The van der Waals surface area contributed by atoms with Gasteiger partial charge in [-0.3, -0.25) is 14.6 Å². The van der Waals surface area contributed by atoms with E-state index in [-0.39, 0.29) is 23.3 Å². The Kier molecular flexibility index (Phi) is 10.4. The molecule has 0 aromatic heterocycles. The average molecular weight is 583 g/mol. The van der Waals surface area contributed by atoms with Crippen LogP contribution in [-0.2, 0) is 9.53 Å². The number of nitrogens with zero attached hydrogens (tertiary/aromatic N) is 2. The Hall–Kier alpha value is -3.20. The molecule has 0 radical (unpaired) electrons. The molecule has 1 heterocycles. The number of esters is 1. The third-order valence-corrected chi connectivity index (χ3v) is 8.18. The molecule has 1 unspecified atom stereocenters. The maximum Gasteiger partial charge on any atom is 0.338 e. The summed E-state index contributed by atoms with van der Waals surface area (Å²) in [4.78, 5) is 30.0. The highest BCUT2D eigenvalue weighted by Gasteiger charge is 2.36. The van der Waals surface area contributed by atoms with Crippen molar-refractivity contribution in [2.45, 2.75) is 43.5 Å². The molecular formula is C31H35ClN2O5S. The standard InChI is InChI=1S/C31H35ClN2O5S/c1-21(2)33(16-18-39-31(36)23-9-6-5-7-10-23)15-8-17-38-28-14-12-25(37-4)20-26(28)30-34(22(3)35)27-13-11-24(32)19-29(27)40-30/h5-7,9-14,19-21,30H,8,15-18H2,1-4H3. The number of carbonyl (C=O) groups excluding carboxylic acids is 2. The summed E-state index contributed by atoms with van der Waals surface area (Å²) in [5, 5.41) is 0.324. The Balaban J connectivity index is 1.38. The Morgan fingerprint density at radius 1 is 1.02 bits per heavy atom. The van der Waals surface area contributed by atoms with Crippen molar-refractivity contribution in [3.05, 3.63) is 82.9 Å². The fraction of sp³-hybridized carbons (Fsp3) is 0.355. The lowest BCUT2D eigenvalue weighted by Gasteiger charge is -2.27. The van der Waals surface area contributed by atoms with Gasteiger partial charge in [-0.1, -0.05) is 41.6 Å². The highest BCUT2D eigenvalue weighted by Crippen LogP contribution is 2.54. The summed E-state index contributed by atoms with van der Waals surface area (Å²) in [6, 6.07) is 20.6. The number of fused-ring (bicyclic) bond motifs is 1. The van der Waals surface area contributed by atoms with Gasteiger partial charge in [0.25, 0.3) is 0 Å². The molecule has 0 spiro atoms. The predicted molar refractivity (Wildman–Crippen MR) is 160 cm³/mol. The average Bonchev–Trinajstić information content (AvgIpc) is 3.33. The number of anilines is 1. The Morgan fingerprint density at radius 2 is 1.80 bits per heavy atom. The van der Waals surface area contributed by atoms with Crippen LogP contribution in [0.5, 0.6) is 11.5 Å². The lowest BCUT2D eigenvalue weighted by molar-refractivity contribution is -0.116. The maximum atomic E-state index is 12.7. The molecule has 0 aliphatic carbocycles. The van der Waals surface area contributed by atoms with E-state index in [1.807, 2.05) is 48.5 Å². The summed E-state index contributed by atoms with van der Waals surface area (Å²) in [6.45, 7) is 8.04. The fourth-order valence-electron chi connectivity index (χ4n) is 4.59. The SMILES string of the molecule is COc1ccc(OCCCN(CCOC(=O)c2ccccc2)C(C)C)c(C2Sc3cc(Cl)ccc3N2C(C)=O)c1. The molecule has 212 valence electrons. The van der Waals surface area contributed by atoms with Gasteiger partial charge in [-0.15, -0.1) is 0 Å². The van der Waals surface area contributed by atoms with E-state index in [1.165, 1.54) is 0 Å². The summed E-state index contributed by atoms with van der Waals surface area (Å²) in [5.74, 6) is 1.02. The second-order valence-electron chi connectivity index (χ2n) is 9.71. The van der Waals surface area contributed by atoms with Crippen molar-refractivity contribution in [2.75, 3.05) is 38.3 Å². The monoisotopic (exact) mass is 582 g/mol. The molecule has 1 aliphatic rings. The van der Waals surface area contributed by atoms with E-state index in [4.69, 9.17) is 25.8 Å². The number of halogens is 1. The molecule has 3 aromatic rings. The van der Waals surface area contributed by atoms with Gasteiger partial charge in [-0.25, -0.2) is 4.79 Å². The third-order valence-electron chi connectivity index (χ3n) is 6.68. The van der Waals surface area contributed by atoms with Crippen LogP contribution in [0.1, 0.15) is 48.5 Å². The van der Waals surface area contributed by atoms with Gasteiger partial charge in [0, 0.05) is 41.5 Å². The minimum atomic E-state index is -0.312. The number of benzene rings is 3. The van der Waals surface area contributed by atoms with Gasteiger partial charge in [-0.2, -0.15) is 0 Å². The van der Waals surface area contributed by atoms with E-state index >= 15 is 0 Å². The minimum Gasteiger partial charge on any atom is -0.497 e. The zero-order valence-electron chi connectivity index (χ0n) is 23.3. The molecule has 1 aliphatic heterocycles. The van der Waals surface area contributed by atoms with Crippen molar-refractivity contribution < 1.29 is 23.8 Å². The van der Waals surface area contributed by atoms with Crippen molar-refractivity contribution in [3.8, 4) is 11.5 Å². The molecule has 1 amide bonds. The van der Waals surface area contributed by atoms with Crippen LogP contribution >= 0.6 is 23.4 Å². The minimum absolute atomic E-state index is 0.0621. The van der Waals surface area contributed by atoms with E-state index in [2.05, 4.69) is 18.7 Å². The zero-order chi connectivity index (χ0) is 28.6.